The maximum atomic E-state index is 4.58. The molecule has 2 aromatic rings. The average Bonchev–Trinajstić information content (AvgIpc) is 3.08. The van der Waals surface area contributed by atoms with E-state index in [4.69, 9.17) is 0 Å². The van der Waals surface area contributed by atoms with Crippen molar-refractivity contribution in [3.63, 3.8) is 0 Å². The normalized spacial score (nSPS) is 16.0. The summed E-state index contributed by atoms with van der Waals surface area (Å²) in [6.45, 7) is 7.15. The maximum absolute atomic E-state index is 4.58. The molecule has 1 aromatic carbocycles. The molecule has 0 radical (unpaired) electrons. The lowest BCUT2D eigenvalue weighted by Gasteiger charge is -2.31. The molecule has 1 aliphatic heterocycles. The third-order valence-corrected chi connectivity index (χ3v) is 5.67. The fourth-order valence-electron chi connectivity index (χ4n) is 3.30. The largest absolute Gasteiger partial charge is 0.356 e. The summed E-state index contributed by atoms with van der Waals surface area (Å²) in [5.41, 5.74) is 2.48. The van der Waals surface area contributed by atoms with Gasteiger partial charge >= 0.3 is 0 Å². The standard InChI is InChI=1S/C20H29N5S.HI/c1-16-24-19(15-26-16)14-25-10-8-18(9-11-25)13-23-20(21-2)22-12-17-6-4-3-5-7-17;/h3-7,15,18H,8-14H2,1-2H3,(H2,21,22,23);1H. The fourth-order valence-corrected chi connectivity index (χ4v) is 3.91. The highest BCUT2D eigenvalue weighted by atomic mass is 127. The van der Waals surface area contributed by atoms with Crippen molar-refractivity contribution in [2.24, 2.45) is 10.9 Å². The third-order valence-electron chi connectivity index (χ3n) is 4.84. The van der Waals surface area contributed by atoms with Crippen LogP contribution in [0.5, 0.6) is 0 Å². The second-order valence-corrected chi connectivity index (χ2v) is 7.93. The Morgan fingerprint density at radius 1 is 1.22 bits per heavy atom. The van der Waals surface area contributed by atoms with Crippen LogP contribution in [0.1, 0.15) is 29.1 Å². The zero-order valence-electron chi connectivity index (χ0n) is 16.1. The van der Waals surface area contributed by atoms with Crippen LogP contribution in [-0.2, 0) is 13.1 Å². The van der Waals surface area contributed by atoms with Crippen LogP contribution in [0, 0.1) is 12.8 Å². The number of aromatic nitrogens is 1. The van der Waals surface area contributed by atoms with Gasteiger partial charge in [0.25, 0.3) is 0 Å². The second-order valence-electron chi connectivity index (χ2n) is 6.87. The molecular weight excluding hydrogens is 469 g/mol. The molecule has 0 atom stereocenters. The summed E-state index contributed by atoms with van der Waals surface area (Å²) >= 11 is 1.74. The predicted molar refractivity (Wildman–Crippen MR) is 125 cm³/mol. The van der Waals surface area contributed by atoms with Crippen LogP contribution in [0.2, 0.25) is 0 Å². The molecule has 0 bridgehead atoms. The molecule has 1 fully saturated rings. The Morgan fingerprint density at radius 2 is 1.96 bits per heavy atom. The second kappa shape index (κ2) is 11.6. The van der Waals surface area contributed by atoms with Crippen LogP contribution in [0.25, 0.3) is 0 Å². The smallest absolute Gasteiger partial charge is 0.191 e. The van der Waals surface area contributed by atoms with Gasteiger partial charge in [0.05, 0.1) is 10.7 Å². The quantitative estimate of drug-likeness (QED) is 0.362. The molecule has 27 heavy (non-hydrogen) atoms. The zero-order chi connectivity index (χ0) is 18.2. The molecule has 0 spiro atoms. The van der Waals surface area contributed by atoms with E-state index in [-0.39, 0.29) is 24.0 Å². The molecule has 1 aromatic heterocycles. The van der Waals surface area contributed by atoms with Gasteiger partial charge in [-0.1, -0.05) is 30.3 Å². The monoisotopic (exact) mass is 499 g/mol. The van der Waals surface area contributed by atoms with Gasteiger partial charge in [-0.2, -0.15) is 0 Å². The number of nitrogens with one attached hydrogen (secondary N) is 2. The van der Waals surface area contributed by atoms with Crippen LogP contribution in [-0.4, -0.2) is 42.5 Å². The number of hydrogen-bond acceptors (Lipinski definition) is 4. The minimum atomic E-state index is 0. The lowest BCUT2D eigenvalue weighted by atomic mass is 9.97. The Morgan fingerprint density at radius 3 is 2.59 bits per heavy atom. The van der Waals surface area contributed by atoms with Gasteiger partial charge < -0.3 is 10.6 Å². The van der Waals surface area contributed by atoms with E-state index < -0.39 is 0 Å². The van der Waals surface area contributed by atoms with E-state index in [1.54, 1.807) is 11.3 Å². The zero-order valence-corrected chi connectivity index (χ0v) is 19.3. The lowest BCUT2D eigenvalue weighted by molar-refractivity contribution is 0.176. The van der Waals surface area contributed by atoms with Gasteiger partial charge in [0, 0.05) is 32.1 Å². The van der Waals surface area contributed by atoms with Crippen molar-refractivity contribution in [1.29, 1.82) is 0 Å². The van der Waals surface area contributed by atoms with Gasteiger partial charge in [-0.3, -0.25) is 9.89 Å². The number of piperidine rings is 1. The van der Waals surface area contributed by atoms with Gasteiger partial charge in [-0.25, -0.2) is 4.98 Å². The molecule has 1 aliphatic rings. The van der Waals surface area contributed by atoms with E-state index in [1.807, 2.05) is 13.1 Å². The fraction of sp³-hybridized carbons (Fsp3) is 0.500. The van der Waals surface area contributed by atoms with Crippen molar-refractivity contribution in [2.45, 2.75) is 32.9 Å². The number of guanidine groups is 1. The van der Waals surface area contributed by atoms with Crippen molar-refractivity contribution < 1.29 is 0 Å². The first kappa shape index (κ1) is 22.1. The van der Waals surface area contributed by atoms with Crippen LogP contribution < -0.4 is 10.6 Å². The maximum Gasteiger partial charge on any atom is 0.191 e. The molecule has 0 saturated carbocycles. The highest BCUT2D eigenvalue weighted by Crippen LogP contribution is 2.19. The van der Waals surface area contributed by atoms with E-state index >= 15 is 0 Å². The van der Waals surface area contributed by atoms with Gasteiger partial charge in [0.15, 0.2) is 5.96 Å². The summed E-state index contributed by atoms with van der Waals surface area (Å²) in [4.78, 5) is 11.4. The van der Waals surface area contributed by atoms with Gasteiger partial charge in [0.1, 0.15) is 0 Å². The van der Waals surface area contributed by atoms with Crippen LogP contribution in [0.3, 0.4) is 0 Å². The molecule has 1 saturated heterocycles. The summed E-state index contributed by atoms with van der Waals surface area (Å²) < 4.78 is 0. The molecule has 2 N–H and O–H groups in total. The van der Waals surface area contributed by atoms with Crippen molar-refractivity contribution in [2.75, 3.05) is 26.7 Å². The van der Waals surface area contributed by atoms with E-state index in [1.165, 1.54) is 24.1 Å². The topological polar surface area (TPSA) is 52.6 Å². The number of likely N-dealkylation sites (tertiary alicyclic amines) is 1. The number of aryl methyl sites for hydroxylation is 1. The molecule has 3 rings (SSSR count). The molecular formula is C20H30IN5S. The Balaban J connectivity index is 0.00000261. The van der Waals surface area contributed by atoms with Gasteiger partial charge in [-0.05, 0) is 44.3 Å². The summed E-state index contributed by atoms with van der Waals surface area (Å²) in [5.74, 6) is 1.59. The van der Waals surface area contributed by atoms with Crippen LogP contribution >= 0.6 is 35.3 Å². The van der Waals surface area contributed by atoms with Crippen molar-refractivity contribution in [1.82, 2.24) is 20.5 Å². The van der Waals surface area contributed by atoms with Crippen LogP contribution in [0.15, 0.2) is 40.7 Å². The summed E-state index contributed by atoms with van der Waals surface area (Å²) in [6, 6.07) is 10.4. The molecule has 0 unspecified atom stereocenters. The van der Waals surface area contributed by atoms with Crippen molar-refractivity contribution >= 4 is 41.3 Å². The lowest BCUT2D eigenvalue weighted by Crippen LogP contribution is -2.42. The first-order chi connectivity index (χ1) is 12.7. The van der Waals surface area contributed by atoms with E-state index in [0.29, 0.717) is 5.92 Å². The Bertz CT molecular complexity index is 695. The molecule has 7 heteroatoms. The summed E-state index contributed by atoms with van der Waals surface area (Å²) in [5, 5.41) is 10.2. The number of aliphatic imine (C=N–C) groups is 1. The number of nitrogens with zero attached hydrogens (tertiary/aromatic N) is 3. The van der Waals surface area contributed by atoms with E-state index in [2.05, 4.69) is 62.1 Å². The number of hydrogen-bond donors (Lipinski definition) is 2. The Kier molecular flexibility index (Phi) is 9.50. The number of thiazole rings is 1. The molecule has 0 aliphatic carbocycles. The van der Waals surface area contributed by atoms with E-state index in [0.717, 1.165) is 43.7 Å². The summed E-state index contributed by atoms with van der Waals surface area (Å²) in [6.07, 6.45) is 2.46. The molecule has 0 amide bonds. The van der Waals surface area contributed by atoms with Crippen molar-refractivity contribution in [3.8, 4) is 0 Å². The third kappa shape index (κ3) is 7.38. The van der Waals surface area contributed by atoms with Gasteiger partial charge in [-0.15, -0.1) is 35.3 Å². The predicted octanol–water partition coefficient (Wildman–Crippen LogP) is 3.65. The first-order valence-electron chi connectivity index (χ1n) is 9.34. The minimum Gasteiger partial charge on any atom is -0.356 e. The highest BCUT2D eigenvalue weighted by molar-refractivity contribution is 14.0. The number of rotatable bonds is 6. The number of benzene rings is 1. The Hall–Kier alpha value is -1.19. The van der Waals surface area contributed by atoms with Gasteiger partial charge in [0.2, 0.25) is 0 Å². The molecule has 148 valence electrons. The van der Waals surface area contributed by atoms with Crippen molar-refractivity contribution in [3.05, 3.63) is 52.0 Å². The first-order valence-corrected chi connectivity index (χ1v) is 10.2. The number of halogens is 1. The average molecular weight is 499 g/mol. The molecule has 2 heterocycles. The SMILES string of the molecule is CN=C(NCc1ccccc1)NCC1CCN(Cc2csc(C)n2)CC1.I. The summed E-state index contributed by atoms with van der Waals surface area (Å²) in [7, 11) is 1.83. The van der Waals surface area contributed by atoms with Crippen LogP contribution in [0.4, 0.5) is 0 Å². The Labute approximate surface area is 183 Å². The van der Waals surface area contributed by atoms with E-state index in [9.17, 15) is 0 Å². The highest BCUT2D eigenvalue weighted by Gasteiger charge is 2.20. The molecule has 5 nitrogen and oxygen atoms in total. The minimum absolute atomic E-state index is 0.